The lowest BCUT2D eigenvalue weighted by Gasteiger charge is -2.26. The molecular weight excluding hydrogens is 612 g/mol. The Kier molecular flexibility index (Phi) is 10.9. The minimum atomic E-state index is -1.47. The molecule has 4 heterocycles. The number of hydrogen-bond acceptors (Lipinski definition) is 10. The Bertz CT molecular complexity index is 1620. The molecule has 0 bridgehead atoms. The highest BCUT2D eigenvalue weighted by Gasteiger charge is 2.47. The van der Waals surface area contributed by atoms with Crippen molar-refractivity contribution in [3.05, 3.63) is 83.9 Å². The van der Waals surface area contributed by atoms with Crippen LogP contribution in [0.4, 0.5) is 5.82 Å². The lowest BCUT2D eigenvalue weighted by molar-refractivity contribution is -0.137. The van der Waals surface area contributed by atoms with E-state index in [1.54, 1.807) is 0 Å². The third-order valence-corrected chi connectivity index (χ3v) is 8.98. The second-order valence-corrected chi connectivity index (χ2v) is 12.4. The molecular formula is C35H44N8O5. The van der Waals surface area contributed by atoms with E-state index < -0.39 is 36.4 Å². The Morgan fingerprint density at radius 2 is 1.60 bits per heavy atom. The van der Waals surface area contributed by atoms with Crippen molar-refractivity contribution in [2.75, 3.05) is 44.6 Å². The van der Waals surface area contributed by atoms with E-state index in [2.05, 4.69) is 60.1 Å². The number of nitrogens with one attached hydrogen (secondary N) is 3. The normalized spacial score (nSPS) is 21.4. The van der Waals surface area contributed by atoms with Crippen LogP contribution in [0.2, 0.25) is 0 Å². The zero-order chi connectivity index (χ0) is 33.5. The summed E-state index contributed by atoms with van der Waals surface area (Å²) in [4.78, 5) is 42.3. The van der Waals surface area contributed by atoms with E-state index in [0.717, 1.165) is 43.6 Å². The van der Waals surface area contributed by atoms with Crippen LogP contribution in [0.1, 0.15) is 66.5 Å². The van der Waals surface area contributed by atoms with Gasteiger partial charge in [0.25, 0.3) is 11.8 Å². The molecule has 2 aromatic heterocycles. The summed E-state index contributed by atoms with van der Waals surface area (Å²) in [5, 5.41) is 30.8. The number of nitrogens with zero attached hydrogens (tertiary/aromatic N) is 5. The minimum absolute atomic E-state index is 0.0427. The number of rotatable bonds is 13. The van der Waals surface area contributed by atoms with Crippen LogP contribution in [0.3, 0.4) is 0 Å². The van der Waals surface area contributed by atoms with Gasteiger partial charge in [-0.05, 0) is 43.5 Å². The molecule has 48 heavy (non-hydrogen) atoms. The molecule has 2 fully saturated rings. The fourth-order valence-corrected chi connectivity index (χ4v) is 6.37. The Hall–Kier alpha value is -4.43. The van der Waals surface area contributed by atoms with E-state index in [1.165, 1.54) is 17.3 Å². The lowest BCUT2D eigenvalue weighted by atomic mass is 9.91. The van der Waals surface area contributed by atoms with Gasteiger partial charge in [0.1, 0.15) is 12.2 Å². The van der Waals surface area contributed by atoms with Crippen LogP contribution in [0, 0.1) is 0 Å². The smallest absolute Gasteiger partial charge is 0.289 e. The highest BCUT2D eigenvalue weighted by molar-refractivity contribution is 5.94. The molecule has 13 nitrogen and oxygen atoms in total. The number of piperidine rings is 1. The van der Waals surface area contributed by atoms with Crippen molar-refractivity contribution in [3.63, 3.8) is 0 Å². The van der Waals surface area contributed by atoms with Gasteiger partial charge in [0, 0.05) is 32.1 Å². The summed E-state index contributed by atoms with van der Waals surface area (Å²) < 4.78 is 7.35. The zero-order valence-corrected chi connectivity index (χ0v) is 27.2. The standard InChI is InChI=1S/C35H44N8O5/c1-2-16-36-33(46)29-27(44)28(45)35(48-29)43-22-39-26-30(38-21-25(23-12-6-3-7-13-23)24-14-8-4-9-15-24)40-31(41-32(26)43)34(47)37-17-20-42-18-10-5-11-19-42/h3-4,6-9,12-15,22,25,27-29,35,44-45H,2,5,10-11,16-21H2,1H3,(H,36,46)(H,37,47)(H,38,40,41)/t27-,28+,29-,35+/m0/s1. The molecule has 0 saturated carbocycles. The van der Waals surface area contributed by atoms with Crippen molar-refractivity contribution in [1.82, 2.24) is 35.1 Å². The predicted octanol–water partition coefficient (Wildman–Crippen LogP) is 2.43. The first-order chi connectivity index (χ1) is 23.4. The van der Waals surface area contributed by atoms with Crippen LogP contribution in [0.25, 0.3) is 11.2 Å². The minimum Gasteiger partial charge on any atom is -0.387 e. The topological polar surface area (TPSA) is 167 Å². The van der Waals surface area contributed by atoms with Crippen molar-refractivity contribution >= 4 is 28.8 Å². The second kappa shape index (κ2) is 15.6. The molecule has 2 amide bonds. The van der Waals surface area contributed by atoms with Crippen molar-refractivity contribution in [2.45, 2.75) is 63.1 Å². The third-order valence-electron chi connectivity index (χ3n) is 8.98. The Morgan fingerprint density at radius 3 is 2.27 bits per heavy atom. The number of benzene rings is 2. The number of fused-ring (bicyclic) bond motifs is 1. The maximum Gasteiger partial charge on any atom is 0.289 e. The molecule has 254 valence electrons. The molecule has 5 N–H and O–H groups in total. The fraction of sp³-hybridized carbons (Fsp3) is 0.457. The van der Waals surface area contributed by atoms with Gasteiger partial charge in [0.15, 0.2) is 29.3 Å². The van der Waals surface area contributed by atoms with E-state index in [-0.39, 0.29) is 17.4 Å². The van der Waals surface area contributed by atoms with Crippen LogP contribution in [-0.2, 0) is 9.53 Å². The maximum absolute atomic E-state index is 13.5. The van der Waals surface area contributed by atoms with Gasteiger partial charge in [-0.15, -0.1) is 0 Å². The van der Waals surface area contributed by atoms with Gasteiger partial charge in [0.05, 0.1) is 6.33 Å². The maximum atomic E-state index is 13.5. The van der Waals surface area contributed by atoms with Crippen LogP contribution >= 0.6 is 0 Å². The van der Waals surface area contributed by atoms with E-state index in [0.29, 0.717) is 37.4 Å². The van der Waals surface area contributed by atoms with E-state index in [1.807, 2.05) is 43.3 Å². The molecule has 2 aromatic carbocycles. The van der Waals surface area contributed by atoms with E-state index in [4.69, 9.17) is 4.74 Å². The van der Waals surface area contributed by atoms with Gasteiger partial charge in [-0.3, -0.25) is 14.2 Å². The number of imidazole rings is 1. The summed E-state index contributed by atoms with van der Waals surface area (Å²) in [5.74, 6) is -0.751. The van der Waals surface area contributed by atoms with Crippen LogP contribution in [0.5, 0.6) is 0 Å². The van der Waals surface area contributed by atoms with Gasteiger partial charge in [-0.2, -0.15) is 0 Å². The number of aliphatic hydroxyl groups excluding tert-OH is 2. The first kappa shape index (κ1) is 33.5. The van der Waals surface area contributed by atoms with Gasteiger partial charge in [0.2, 0.25) is 5.82 Å². The first-order valence-corrected chi connectivity index (χ1v) is 16.8. The lowest BCUT2D eigenvalue weighted by Crippen LogP contribution is -2.42. The third kappa shape index (κ3) is 7.49. The highest BCUT2D eigenvalue weighted by atomic mass is 16.6. The summed E-state index contributed by atoms with van der Waals surface area (Å²) >= 11 is 0. The molecule has 0 unspecified atom stereocenters. The van der Waals surface area contributed by atoms with Gasteiger partial charge in [-0.1, -0.05) is 74.0 Å². The molecule has 4 atom stereocenters. The Balaban J connectivity index is 1.30. The SMILES string of the molecule is CCCNC(=O)[C@H]1O[C@@H](n2cnc3c(NCC(c4ccccc4)c4ccccc4)nc(C(=O)NCCN4CCCCC4)nc32)[C@H](O)[C@@H]1O. The molecule has 2 aliphatic rings. The second-order valence-electron chi connectivity index (χ2n) is 12.4. The molecule has 6 rings (SSSR count). The van der Waals surface area contributed by atoms with Crippen LogP contribution in [-0.4, -0.2) is 104 Å². The summed E-state index contributed by atoms with van der Waals surface area (Å²) in [5.41, 5.74) is 2.78. The predicted molar refractivity (Wildman–Crippen MR) is 180 cm³/mol. The number of carbonyl (C=O) groups excluding carboxylic acids is 2. The summed E-state index contributed by atoms with van der Waals surface area (Å²) in [6, 6.07) is 20.2. The molecule has 0 aliphatic carbocycles. The number of aliphatic hydroxyl groups is 2. The number of ether oxygens (including phenoxy) is 1. The molecule has 13 heteroatoms. The quantitative estimate of drug-likeness (QED) is 0.144. The van der Waals surface area contributed by atoms with Crippen molar-refractivity contribution in [1.29, 1.82) is 0 Å². The Labute approximate surface area is 279 Å². The number of likely N-dealkylation sites (tertiary alicyclic amines) is 1. The molecule has 4 aromatic rings. The number of amides is 2. The monoisotopic (exact) mass is 656 g/mol. The van der Waals surface area contributed by atoms with E-state index >= 15 is 0 Å². The van der Waals surface area contributed by atoms with Crippen molar-refractivity contribution in [2.24, 2.45) is 0 Å². The summed E-state index contributed by atoms with van der Waals surface area (Å²) in [6.45, 7) is 5.96. The molecule has 2 saturated heterocycles. The number of aromatic nitrogens is 4. The fourth-order valence-electron chi connectivity index (χ4n) is 6.37. The van der Waals surface area contributed by atoms with Gasteiger partial charge < -0.3 is 35.8 Å². The van der Waals surface area contributed by atoms with Gasteiger partial charge >= 0.3 is 0 Å². The molecule has 2 aliphatic heterocycles. The van der Waals surface area contributed by atoms with Crippen LogP contribution in [0.15, 0.2) is 67.0 Å². The molecule has 0 radical (unpaired) electrons. The average molecular weight is 657 g/mol. The molecule has 0 spiro atoms. The number of anilines is 1. The average Bonchev–Trinajstić information content (AvgIpc) is 3.68. The summed E-state index contributed by atoms with van der Waals surface area (Å²) in [6.07, 6.45) is 0.280. The Morgan fingerprint density at radius 1 is 0.917 bits per heavy atom. The number of hydrogen-bond donors (Lipinski definition) is 5. The highest BCUT2D eigenvalue weighted by Crippen LogP contribution is 2.33. The first-order valence-electron chi connectivity index (χ1n) is 16.8. The zero-order valence-electron chi connectivity index (χ0n) is 27.2. The van der Waals surface area contributed by atoms with Crippen molar-refractivity contribution in [3.8, 4) is 0 Å². The number of carbonyl (C=O) groups is 2. The summed E-state index contributed by atoms with van der Waals surface area (Å²) in [7, 11) is 0. The van der Waals surface area contributed by atoms with Gasteiger partial charge in [-0.25, -0.2) is 15.0 Å². The van der Waals surface area contributed by atoms with Crippen LogP contribution < -0.4 is 16.0 Å². The van der Waals surface area contributed by atoms with E-state index in [9.17, 15) is 19.8 Å². The largest absolute Gasteiger partial charge is 0.387 e. The van der Waals surface area contributed by atoms with Crippen molar-refractivity contribution < 1.29 is 24.5 Å².